The molecule has 9 rings (SSSR count). The molecular weight excluding hydrogens is 1260 g/mol. The largest absolute Gasteiger partial charge is 0.503 e. The van der Waals surface area contributed by atoms with E-state index in [2.05, 4.69) is 77.6 Å². The van der Waals surface area contributed by atoms with Gasteiger partial charge in [-0.15, -0.1) is 10.2 Å². The molecule has 95 heavy (non-hydrogen) atoms. The Morgan fingerprint density at radius 1 is 0.632 bits per heavy atom. The molecule has 1 amide bonds. The second-order valence-electron chi connectivity index (χ2n) is 23.7. The first-order chi connectivity index (χ1) is 44.2. The lowest BCUT2D eigenvalue weighted by molar-refractivity contribution is -0.122. The molecule has 0 aliphatic heterocycles. The number of H-pyrrole nitrogens is 4. The molecule has 32 heteroatoms. The number of hydrogen-bond acceptors (Lipinski definition) is 21. The molecule has 9 aromatic rings. The summed E-state index contributed by atoms with van der Waals surface area (Å²) in [4.78, 5) is 70.6. The molecule has 0 saturated carbocycles. The maximum Gasteiger partial charge on any atom is 0.360 e. The van der Waals surface area contributed by atoms with E-state index in [0.717, 1.165) is 54.8 Å². The van der Waals surface area contributed by atoms with Gasteiger partial charge in [0, 0.05) is 83.4 Å². The summed E-state index contributed by atoms with van der Waals surface area (Å²) >= 11 is 1.42. The van der Waals surface area contributed by atoms with E-state index in [9.17, 15) is 37.5 Å². The maximum atomic E-state index is 12.7. The van der Waals surface area contributed by atoms with Gasteiger partial charge in [0.2, 0.25) is 11.3 Å². The van der Waals surface area contributed by atoms with Crippen molar-refractivity contribution < 1.29 is 52.9 Å². The second-order valence-corrected chi connectivity index (χ2v) is 24.6. The first kappa shape index (κ1) is 84.9. The highest BCUT2D eigenvalue weighted by Gasteiger charge is 2.13. The molecule has 0 radical (unpaired) electrons. The van der Waals surface area contributed by atoms with Gasteiger partial charge in [0.15, 0.2) is 29.3 Å². The molecule has 526 valence electrons. The Kier molecular flexibility index (Phi) is 38.4. The zero-order valence-corrected chi connectivity index (χ0v) is 58.6. The number of phenolic OH excluding ortho intramolecular Hbond substituents is 1. The minimum absolute atomic E-state index is 0.0173. The Hall–Kier alpha value is -10.1. The fourth-order valence-electron chi connectivity index (χ4n) is 6.78. The highest BCUT2D eigenvalue weighted by Crippen LogP contribution is 2.25. The van der Waals surface area contributed by atoms with Crippen LogP contribution in [0.25, 0.3) is 0 Å². The summed E-state index contributed by atoms with van der Waals surface area (Å²) in [7, 11) is 1.84. The van der Waals surface area contributed by atoms with Crippen molar-refractivity contribution in [2.24, 2.45) is 13.0 Å². The Bertz CT molecular complexity index is 3770. The maximum absolute atomic E-state index is 12.7. The first-order valence-corrected chi connectivity index (χ1v) is 30.9. The molecule has 0 bridgehead atoms. The van der Waals surface area contributed by atoms with Crippen LogP contribution in [-0.4, -0.2) is 96.2 Å². The zero-order chi connectivity index (χ0) is 73.1. The van der Waals surface area contributed by atoms with E-state index >= 15 is 0 Å². The van der Waals surface area contributed by atoms with E-state index in [0.29, 0.717) is 40.1 Å². The smallest absolute Gasteiger partial charge is 0.360 e. The summed E-state index contributed by atoms with van der Waals surface area (Å²) < 4.78 is 44.8. The van der Waals surface area contributed by atoms with Crippen LogP contribution in [0.4, 0.5) is 8.78 Å². The molecule has 0 aliphatic rings. The number of benzene rings is 1. The number of imidazole rings is 1. The number of aromatic hydroxyl groups is 2. The number of aromatic amines is 4. The van der Waals surface area contributed by atoms with Crippen molar-refractivity contribution >= 4 is 17.4 Å². The highest BCUT2D eigenvalue weighted by molar-refractivity contribution is 7.05. The number of hydrogen-bond donors (Lipinski definition) is 10. The summed E-state index contributed by atoms with van der Waals surface area (Å²) in [5.74, 6) is 0.396. The van der Waals surface area contributed by atoms with E-state index in [1.807, 2.05) is 109 Å². The number of nitrogens with zero attached hydrogens (tertiary/aromatic N) is 10. The molecular formula is C63H95F2N15O14S. The number of phenols is 1. The molecule has 0 unspecified atom stereocenters. The van der Waals surface area contributed by atoms with E-state index in [1.54, 1.807) is 61.6 Å². The average molecular weight is 1360 g/mol. The SMILES string of the molecule is CC(C)C(=O)NC#N.CC(C)c1c[nH]oc1=O.CC(C)c1cc(=O)[nH]n1C.CC(C)c1cc(=O)[nH]o1.CC(C)c1cc(=O)[nH]s1.CC(C)c1cc(F)c(O)c(F)c1.CC(C)c1cnnn1O.CC(C)c1cnnn1O.CC(C)c1cocc(O)c1=O.CC(C)c1nccn1O. The number of carbonyl (C=O) groups excluding carboxylic acids is 1. The van der Waals surface area contributed by atoms with Crippen LogP contribution in [0.2, 0.25) is 0 Å². The number of nitrogens with one attached hydrogen (secondary N) is 5. The summed E-state index contributed by atoms with van der Waals surface area (Å²) in [6.07, 6.45) is 11.7. The summed E-state index contributed by atoms with van der Waals surface area (Å²) in [6.45, 7) is 38.7. The quantitative estimate of drug-likeness (QED) is 0.0345. The van der Waals surface area contributed by atoms with Crippen molar-refractivity contribution in [1.29, 1.82) is 5.26 Å². The lowest BCUT2D eigenvalue weighted by Gasteiger charge is -2.06. The standard InChI is InChI=1S/C9H10F2O.C8H10O3.C7H12N2O.C6H10N2O.2C6H9NO2.C6H9NOS.2C5H9N3O.C5H8N2O/c1-5(2)6-3-7(10)9(12)8(11)4-6;1-5(2)6-3-11-4-7(9)8(6)10;1-5(2)6-4-7(10)8-9(6)3;1-5(2)6-7-3-4-8(6)9;1-4(2)5-3-7-9-6(5)8;2*1-4(2)5-3-6(8)7-9-5;2*1-4(2)5-3-6-7-8(5)9;1-4(2)5(8)7-3-6/h3-5,12H,1-2H3;3-5,9H,1-2H3;4-5H,1-3H3,(H,8,10);3-5,9H,1-2H3;3-4,7H,1-2H3;2*3-4H,1-2H3,(H,7,8);2*3-4,9H,1-2H3;4H,1-2H3,(H,7,8). The highest BCUT2D eigenvalue weighted by atomic mass is 32.1. The van der Waals surface area contributed by atoms with Crippen molar-refractivity contribution in [1.82, 2.24) is 69.8 Å². The van der Waals surface area contributed by atoms with Crippen molar-refractivity contribution in [3.05, 3.63) is 187 Å². The number of amides is 1. The van der Waals surface area contributed by atoms with Crippen LogP contribution >= 0.6 is 11.5 Å². The van der Waals surface area contributed by atoms with Crippen LogP contribution in [-0.2, 0) is 11.8 Å². The molecule has 0 aliphatic carbocycles. The molecule has 10 N–H and O–H groups in total. The van der Waals surface area contributed by atoms with Gasteiger partial charge < -0.3 is 39.3 Å². The van der Waals surface area contributed by atoms with Crippen LogP contribution < -0.4 is 33.0 Å². The van der Waals surface area contributed by atoms with Crippen molar-refractivity contribution in [2.45, 2.75) is 192 Å². The van der Waals surface area contributed by atoms with Gasteiger partial charge >= 0.3 is 5.63 Å². The van der Waals surface area contributed by atoms with Crippen LogP contribution in [0.3, 0.4) is 0 Å². The molecule has 8 aromatic heterocycles. The molecule has 0 fully saturated rings. The predicted octanol–water partition coefficient (Wildman–Crippen LogP) is 11.6. The van der Waals surface area contributed by atoms with Gasteiger partial charge in [0.05, 0.1) is 30.4 Å². The fourth-order valence-corrected chi connectivity index (χ4v) is 7.46. The summed E-state index contributed by atoms with van der Waals surface area (Å²) in [5, 5.41) is 75.3. The number of aromatic nitrogens is 13. The van der Waals surface area contributed by atoms with Gasteiger partial charge in [-0.2, -0.15) is 15.1 Å². The van der Waals surface area contributed by atoms with Gasteiger partial charge in [-0.1, -0.05) is 160 Å². The van der Waals surface area contributed by atoms with Crippen LogP contribution in [0.1, 0.15) is 242 Å². The predicted molar refractivity (Wildman–Crippen MR) is 354 cm³/mol. The third-order valence-corrected chi connectivity index (χ3v) is 13.5. The molecule has 8 heterocycles. The topological polar surface area (TPSA) is 426 Å². The lowest BCUT2D eigenvalue weighted by atomic mass is 10.0. The van der Waals surface area contributed by atoms with Gasteiger partial charge in [0.25, 0.3) is 16.7 Å². The molecule has 1 aromatic carbocycles. The zero-order valence-electron chi connectivity index (χ0n) is 57.7. The molecule has 0 atom stereocenters. The number of nitriles is 1. The Balaban J connectivity index is 0.00000104. The van der Waals surface area contributed by atoms with Crippen LogP contribution in [0, 0.1) is 29.0 Å². The van der Waals surface area contributed by atoms with Gasteiger partial charge in [-0.05, 0) is 57.7 Å². The van der Waals surface area contributed by atoms with E-state index in [1.165, 1.54) is 30.1 Å². The average Bonchev–Trinajstić information content (AvgIpc) is 1.73. The minimum atomic E-state index is -0.904. The normalized spacial score (nSPS) is 10.4. The van der Waals surface area contributed by atoms with E-state index in [-0.39, 0.29) is 86.7 Å². The van der Waals surface area contributed by atoms with Gasteiger partial charge in [-0.3, -0.25) is 43.4 Å². The minimum Gasteiger partial charge on any atom is -0.503 e. The Morgan fingerprint density at radius 2 is 1.16 bits per heavy atom. The van der Waals surface area contributed by atoms with E-state index < -0.39 is 17.4 Å². The molecule has 0 spiro atoms. The number of halogens is 2. The van der Waals surface area contributed by atoms with E-state index in [4.69, 9.17) is 40.0 Å². The first-order valence-electron chi connectivity index (χ1n) is 30.1. The number of aryl methyl sites for hydroxylation is 1. The summed E-state index contributed by atoms with van der Waals surface area (Å²) in [5.41, 5.74) is 3.49. The Labute approximate surface area is 553 Å². The van der Waals surface area contributed by atoms with Crippen molar-refractivity contribution in [3.63, 3.8) is 0 Å². The van der Waals surface area contributed by atoms with Crippen molar-refractivity contribution in [3.8, 4) is 17.7 Å². The summed E-state index contributed by atoms with van der Waals surface area (Å²) in [6, 6.07) is 7.02. The second kappa shape index (κ2) is 43.0. The third kappa shape index (κ3) is 31.9. The lowest BCUT2D eigenvalue weighted by Crippen LogP contribution is -2.22. The van der Waals surface area contributed by atoms with Crippen LogP contribution in [0.5, 0.6) is 11.5 Å². The van der Waals surface area contributed by atoms with Gasteiger partial charge in [0.1, 0.15) is 29.2 Å². The Morgan fingerprint density at radius 3 is 1.39 bits per heavy atom. The molecule has 29 nitrogen and oxygen atoms in total. The third-order valence-electron chi connectivity index (χ3n) is 12.3. The van der Waals surface area contributed by atoms with Crippen molar-refractivity contribution in [2.75, 3.05) is 0 Å². The number of carbonyl (C=O) groups is 1. The van der Waals surface area contributed by atoms with Gasteiger partial charge in [-0.25, -0.2) is 23.7 Å². The fraction of sp³-hybridized carbons (Fsp3) is 0.492. The number of rotatable bonds is 10. The van der Waals surface area contributed by atoms with Crippen LogP contribution in [0.15, 0.2) is 111 Å². The molecule has 0 saturated heterocycles. The monoisotopic (exact) mass is 1360 g/mol.